The van der Waals surface area contributed by atoms with E-state index < -0.39 is 15.4 Å². The number of hydrogen-bond acceptors (Lipinski definition) is 6. The Morgan fingerprint density at radius 1 is 1.37 bits per heavy atom. The maximum atomic E-state index is 13.2. The van der Waals surface area contributed by atoms with Gasteiger partial charge in [0, 0.05) is 31.0 Å². The maximum Gasteiger partial charge on any atom is 0.252 e. The van der Waals surface area contributed by atoms with Gasteiger partial charge < -0.3 is 0 Å². The summed E-state index contributed by atoms with van der Waals surface area (Å²) >= 11 is 5.87. The first-order chi connectivity index (χ1) is 14.1. The number of sulfonamides is 1. The van der Waals surface area contributed by atoms with Crippen molar-refractivity contribution < 1.29 is 18.0 Å². The number of amides is 1. The molecule has 2 aromatic rings. The molecule has 0 aliphatic heterocycles. The lowest BCUT2D eigenvalue weighted by Crippen LogP contribution is -2.43. The van der Waals surface area contributed by atoms with Gasteiger partial charge in [0.25, 0.3) is 5.91 Å². The Morgan fingerprint density at radius 2 is 2.07 bits per heavy atom. The molecule has 1 aromatic carbocycles. The monoisotopic (exact) mass is 452 g/mol. The molecular weight excluding hydrogens is 428 g/mol. The molecule has 0 spiro atoms. The summed E-state index contributed by atoms with van der Waals surface area (Å²) < 4.78 is 26.0. The van der Waals surface area contributed by atoms with Crippen LogP contribution < -0.4 is 4.72 Å². The molecule has 162 valence electrons. The van der Waals surface area contributed by atoms with Crippen LogP contribution >= 0.6 is 11.6 Å². The molecule has 1 fully saturated rings. The van der Waals surface area contributed by atoms with Crippen molar-refractivity contribution in [2.24, 2.45) is 5.41 Å². The summed E-state index contributed by atoms with van der Waals surface area (Å²) in [5.74, 6) is 0.370. The van der Waals surface area contributed by atoms with Crippen LogP contribution in [-0.4, -0.2) is 55.8 Å². The van der Waals surface area contributed by atoms with Gasteiger partial charge in [-0.25, -0.2) is 28.2 Å². The van der Waals surface area contributed by atoms with E-state index in [1.54, 1.807) is 7.05 Å². The fraction of sp³-hybridized carbons (Fsp3) is 0.450. The number of nitrogens with one attached hydrogen (secondary N) is 1. The summed E-state index contributed by atoms with van der Waals surface area (Å²) in [4.78, 5) is 26.8. The molecule has 30 heavy (non-hydrogen) atoms. The van der Waals surface area contributed by atoms with Crippen LogP contribution in [0, 0.1) is 5.41 Å². The van der Waals surface area contributed by atoms with Crippen LogP contribution in [0.1, 0.15) is 24.8 Å². The Labute approximate surface area is 181 Å². The van der Waals surface area contributed by atoms with E-state index in [0.717, 1.165) is 17.4 Å². The molecule has 0 unspecified atom stereocenters. The molecule has 1 aromatic heterocycles. The highest BCUT2D eigenvalue weighted by molar-refractivity contribution is 7.88. The van der Waals surface area contributed by atoms with E-state index >= 15 is 0 Å². The zero-order valence-electron chi connectivity index (χ0n) is 17.1. The molecule has 0 radical (unpaired) electrons. The van der Waals surface area contributed by atoms with Gasteiger partial charge in [-0.2, -0.15) is 0 Å². The third-order valence-electron chi connectivity index (χ3n) is 5.35. The van der Waals surface area contributed by atoms with Gasteiger partial charge in [-0.15, -0.1) is 0 Å². The van der Waals surface area contributed by atoms with Crippen molar-refractivity contribution in [1.29, 1.82) is 0 Å². The number of benzene rings is 1. The highest BCUT2D eigenvalue weighted by atomic mass is 35.5. The Balaban J connectivity index is 1.90. The summed E-state index contributed by atoms with van der Waals surface area (Å²) in [5, 5.41) is 1.67. The van der Waals surface area contributed by atoms with Gasteiger partial charge in [-0.1, -0.05) is 29.8 Å². The Hall–Kier alpha value is -2.07. The molecule has 1 amide bonds. The maximum absolute atomic E-state index is 13.2. The van der Waals surface area contributed by atoms with Crippen molar-refractivity contribution in [1.82, 2.24) is 19.8 Å². The lowest BCUT2D eigenvalue weighted by atomic mass is 9.78. The van der Waals surface area contributed by atoms with E-state index in [2.05, 4.69) is 14.7 Å². The van der Waals surface area contributed by atoms with E-state index in [1.165, 1.54) is 24.6 Å². The molecule has 1 N–H and O–H groups in total. The van der Waals surface area contributed by atoms with Gasteiger partial charge in [0.2, 0.25) is 10.0 Å². The van der Waals surface area contributed by atoms with Crippen molar-refractivity contribution in [3.8, 4) is 11.4 Å². The van der Waals surface area contributed by atoms with Crippen molar-refractivity contribution in [3.63, 3.8) is 0 Å². The minimum Gasteiger partial charge on any atom is -0.275 e. The zero-order valence-corrected chi connectivity index (χ0v) is 18.7. The van der Waals surface area contributed by atoms with Gasteiger partial charge in [-0.3, -0.25) is 9.63 Å². The third-order valence-corrected chi connectivity index (χ3v) is 6.31. The molecule has 0 bridgehead atoms. The fourth-order valence-corrected chi connectivity index (χ4v) is 4.95. The third kappa shape index (κ3) is 5.34. The lowest BCUT2D eigenvalue weighted by molar-refractivity contribution is -0.180. The normalized spacial score (nSPS) is 21.5. The summed E-state index contributed by atoms with van der Waals surface area (Å²) in [7, 11) is -0.357. The molecule has 8 nitrogen and oxygen atoms in total. The van der Waals surface area contributed by atoms with E-state index in [1.807, 2.05) is 24.3 Å². The topological polar surface area (TPSA) is 101 Å². The average Bonchev–Trinajstić information content (AvgIpc) is 3.09. The number of carbonyl (C=O) groups excluding carboxylic acids is 1. The number of halogens is 1. The molecular formula is C20H25ClN4O4S. The lowest BCUT2D eigenvalue weighted by Gasteiger charge is -2.31. The minimum absolute atomic E-state index is 0.170. The molecule has 3 rings (SSSR count). The Bertz CT molecular complexity index is 1020. The van der Waals surface area contributed by atoms with Crippen molar-refractivity contribution in [3.05, 3.63) is 47.2 Å². The predicted molar refractivity (Wildman–Crippen MR) is 114 cm³/mol. The second-order valence-electron chi connectivity index (χ2n) is 7.70. The predicted octanol–water partition coefficient (Wildman–Crippen LogP) is 2.45. The van der Waals surface area contributed by atoms with Crippen LogP contribution in [0.3, 0.4) is 0 Å². The first-order valence-electron chi connectivity index (χ1n) is 9.48. The van der Waals surface area contributed by atoms with Crippen LogP contribution in [0.2, 0.25) is 5.02 Å². The van der Waals surface area contributed by atoms with Gasteiger partial charge in [0.15, 0.2) is 5.82 Å². The molecule has 10 heteroatoms. The van der Waals surface area contributed by atoms with E-state index in [9.17, 15) is 13.2 Å². The summed E-state index contributed by atoms with van der Waals surface area (Å²) in [5.41, 5.74) is 0.978. The van der Waals surface area contributed by atoms with Crippen LogP contribution in [0.5, 0.6) is 0 Å². The van der Waals surface area contributed by atoms with Crippen molar-refractivity contribution in [2.45, 2.75) is 31.7 Å². The molecule has 0 saturated heterocycles. The number of rotatable bonds is 7. The van der Waals surface area contributed by atoms with Crippen LogP contribution in [-0.2, 0) is 26.1 Å². The number of hydroxylamine groups is 2. The quantitative estimate of drug-likeness (QED) is 0.647. The first kappa shape index (κ1) is 22.6. The highest BCUT2D eigenvalue weighted by Crippen LogP contribution is 2.43. The van der Waals surface area contributed by atoms with Gasteiger partial charge >= 0.3 is 0 Å². The van der Waals surface area contributed by atoms with Crippen LogP contribution in [0.15, 0.2) is 36.7 Å². The second-order valence-corrected chi connectivity index (χ2v) is 9.91. The van der Waals surface area contributed by atoms with Gasteiger partial charge in [0.05, 0.1) is 23.8 Å². The largest absolute Gasteiger partial charge is 0.275 e. The van der Waals surface area contributed by atoms with Crippen molar-refractivity contribution in [2.75, 3.05) is 20.4 Å². The first-order valence-corrected chi connectivity index (χ1v) is 11.8. The standard InChI is InChI=1S/C20H25ClN4O4S/c1-25(29-2)19(26)20(8-7-17(11-20)24-30(3,27)28)10-14-5-4-6-15(9-14)18-22-12-16(21)13-23-18/h4-6,9,12-13,17,24H,7-8,10-11H2,1-3H3/t17-,20+/m0/s1. The zero-order chi connectivity index (χ0) is 21.9. The molecule has 1 heterocycles. The smallest absolute Gasteiger partial charge is 0.252 e. The molecule has 1 saturated carbocycles. The van der Waals surface area contributed by atoms with E-state index in [0.29, 0.717) is 36.5 Å². The minimum atomic E-state index is -3.36. The highest BCUT2D eigenvalue weighted by Gasteiger charge is 2.47. The van der Waals surface area contributed by atoms with Crippen LogP contribution in [0.4, 0.5) is 0 Å². The van der Waals surface area contributed by atoms with Crippen LogP contribution in [0.25, 0.3) is 11.4 Å². The second kappa shape index (κ2) is 8.97. The number of hydrogen-bond donors (Lipinski definition) is 1. The number of aromatic nitrogens is 2. The summed E-state index contributed by atoms with van der Waals surface area (Å²) in [6.07, 6.45) is 6.18. The van der Waals surface area contributed by atoms with E-state index in [-0.39, 0.29) is 11.9 Å². The van der Waals surface area contributed by atoms with Gasteiger partial charge in [-0.05, 0) is 37.3 Å². The SMILES string of the molecule is CON(C)C(=O)[C@@]1(Cc2cccc(-c3ncc(Cl)cn3)c2)CC[C@H](NS(C)(=O)=O)C1. The molecule has 1 aliphatic rings. The Kier molecular flexibility index (Phi) is 6.76. The van der Waals surface area contributed by atoms with Crippen molar-refractivity contribution >= 4 is 27.5 Å². The average molecular weight is 453 g/mol. The summed E-state index contributed by atoms with van der Waals surface area (Å²) in [6.45, 7) is 0. The number of nitrogens with zero attached hydrogens (tertiary/aromatic N) is 3. The molecule has 2 atom stereocenters. The van der Waals surface area contributed by atoms with Gasteiger partial charge in [0.1, 0.15) is 0 Å². The molecule has 1 aliphatic carbocycles. The fourth-order valence-electron chi connectivity index (χ4n) is 4.05. The van der Waals surface area contributed by atoms with E-state index in [4.69, 9.17) is 16.4 Å². The number of carbonyl (C=O) groups is 1. The Morgan fingerprint density at radius 3 is 2.70 bits per heavy atom. The summed E-state index contributed by atoms with van der Waals surface area (Å²) in [6, 6.07) is 7.38.